The van der Waals surface area contributed by atoms with E-state index >= 15 is 0 Å². The average Bonchev–Trinajstić information content (AvgIpc) is 3.23. The van der Waals surface area contributed by atoms with E-state index in [4.69, 9.17) is 17.2 Å². The van der Waals surface area contributed by atoms with E-state index in [1.807, 2.05) is 0 Å². The lowest BCUT2D eigenvalue weighted by Crippen LogP contribution is -2.60. The summed E-state index contributed by atoms with van der Waals surface area (Å²) in [5.41, 5.74) is 17.1. The molecule has 5 atom stereocenters. The highest BCUT2D eigenvalue weighted by Gasteiger charge is 2.33. The van der Waals surface area contributed by atoms with Crippen molar-refractivity contribution in [1.82, 2.24) is 20.9 Å². The summed E-state index contributed by atoms with van der Waals surface area (Å²) in [4.78, 5) is 75.3. The fraction of sp³-hybridized carbons (Fsp3) is 0.391. The first kappa shape index (κ1) is 29.7. The molecule has 0 aliphatic rings. The van der Waals surface area contributed by atoms with Crippen LogP contribution in [-0.2, 0) is 35.2 Å². The Bertz CT molecular complexity index is 1210. The second-order valence-corrected chi connectivity index (χ2v) is 8.70. The molecule has 0 saturated carbocycles. The maximum absolute atomic E-state index is 12.9. The van der Waals surface area contributed by atoms with E-state index in [9.17, 15) is 39.0 Å². The maximum atomic E-state index is 12.9. The SMILES string of the molecule is CC(O)C(NC(=O)C(CC(N)=O)NC(=O)C(N)CC(N)=O)C(=O)NC(Cc1c[nH]c2ccccc12)C(=O)O. The summed E-state index contributed by atoms with van der Waals surface area (Å²) in [6.45, 7) is 1.17. The summed E-state index contributed by atoms with van der Waals surface area (Å²) >= 11 is 0. The Kier molecular flexibility index (Phi) is 10.3. The van der Waals surface area contributed by atoms with Crippen molar-refractivity contribution in [2.75, 3.05) is 0 Å². The Morgan fingerprint density at radius 3 is 2.08 bits per heavy atom. The van der Waals surface area contributed by atoms with E-state index in [0.717, 1.165) is 10.9 Å². The third kappa shape index (κ3) is 8.28. The van der Waals surface area contributed by atoms with Gasteiger partial charge in [0.25, 0.3) is 0 Å². The Balaban J connectivity index is 2.16. The summed E-state index contributed by atoms with van der Waals surface area (Å²) in [5, 5.41) is 27.2. The van der Waals surface area contributed by atoms with Crippen molar-refractivity contribution in [3.05, 3.63) is 36.0 Å². The number of benzene rings is 1. The summed E-state index contributed by atoms with van der Waals surface area (Å²) < 4.78 is 0. The zero-order valence-corrected chi connectivity index (χ0v) is 20.5. The van der Waals surface area contributed by atoms with Gasteiger partial charge in [0.2, 0.25) is 29.5 Å². The van der Waals surface area contributed by atoms with Crippen molar-refractivity contribution in [3.8, 4) is 0 Å². The molecule has 38 heavy (non-hydrogen) atoms. The third-order valence-electron chi connectivity index (χ3n) is 5.57. The molecular formula is C23H31N7O8. The summed E-state index contributed by atoms with van der Waals surface area (Å²) in [6.07, 6.45) is -1.25. The van der Waals surface area contributed by atoms with Gasteiger partial charge in [-0.05, 0) is 18.6 Å². The summed E-state index contributed by atoms with van der Waals surface area (Å²) in [7, 11) is 0. The van der Waals surface area contributed by atoms with Gasteiger partial charge in [-0.1, -0.05) is 18.2 Å². The third-order valence-corrected chi connectivity index (χ3v) is 5.57. The minimum atomic E-state index is -1.67. The molecule has 206 valence electrons. The number of carbonyl (C=O) groups is 6. The van der Waals surface area contributed by atoms with Gasteiger partial charge in [-0.25, -0.2) is 4.79 Å². The minimum absolute atomic E-state index is 0.107. The van der Waals surface area contributed by atoms with Gasteiger partial charge in [0.05, 0.1) is 25.0 Å². The number of nitrogens with one attached hydrogen (secondary N) is 4. The number of hydrogen-bond acceptors (Lipinski definition) is 8. The normalized spacial score (nSPS) is 14.9. The Hall–Kier alpha value is -4.50. The highest BCUT2D eigenvalue weighted by molar-refractivity contribution is 5.97. The lowest BCUT2D eigenvalue weighted by molar-refractivity contribution is -0.143. The van der Waals surface area contributed by atoms with Gasteiger partial charge in [0.15, 0.2) is 0 Å². The number of carboxylic acid groups (broad SMARTS) is 1. The Labute approximate surface area is 216 Å². The number of rotatable bonds is 14. The van der Waals surface area contributed by atoms with Crippen LogP contribution in [0.3, 0.4) is 0 Å². The largest absolute Gasteiger partial charge is 0.480 e. The van der Waals surface area contributed by atoms with Crippen LogP contribution in [0, 0.1) is 0 Å². The quantitative estimate of drug-likeness (QED) is 0.117. The maximum Gasteiger partial charge on any atom is 0.326 e. The number of carboxylic acids is 1. The summed E-state index contributed by atoms with van der Waals surface area (Å²) in [5.74, 6) is -6.34. The molecule has 15 heteroatoms. The number of aliphatic carboxylic acids is 1. The second-order valence-electron chi connectivity index (χ2n) is 8.70. The van der Waals surface area contributed by atoms with Crippen molar-refractivity contribution < 1.29 is 39.0 Å². The van der Waals surface area contributed by atoms with Gasteiger partial charge in [-0.15, -0.1) is 0 Å². The van der Waals surface area contributed by atoms with Gasteiger partial charge in [-0.2, -0.15) is 0 Å². The van der Waals surface area contributed by atoms with Crippen molar-refractivity contribution in [3.63, 3.8) is 0 Å². The molecule has 1 heterocycles. The Morgan fingerprint density at radius 2 is 1.50 bits per heavy atom. The van der Waals surface area contributed by atoms with Crippen LogP contribution in [0.15, 0.2) is 30.5 Å². The number of aliphatic hydroxyl groups is 1. The zero-order valence-electron chi connectivity index (χ0n) is 20.5. The van der Waals surface area contributed by atoms with E-state index in [2.05, 4.69) is 20.9 Å². The molecule has 5 unspecified atom stereocenters. The highest BCUT2D eigenvalue weighted by Crippen LogP contribution is 2.19. The molecule has 0 bridgehead atoms. The van der Waals surface area contributed by atoms with E-state index in [1.165, 1.54) is 6.92 Å². The fourth-order valence-corrected chi connectivity index (χ4v) is 3.64. The van der Waals surface area contributed by atoms with Crippen LogP contribution >= 0.6 is 0 Å². The summed E-state index contributed by atoms with van der Waals surface area (Å²) in [6, 6.07) is 1.02. The number of aromatic nitrogens is 1. The topological polar surface area (TPSA) is 273 Å². The number of amides is 5. The molecule has 15 nitrogen and oxygen atoms in total. The van der Waals surface area contributed by atoms with Crippen LogP contribution in [0.1, 0.15) is 25.3 Å². The van der Waals surface area contributed by atoms with Crippen molar-refractivity contribution in [2.24, 2.45) is 17.2 Å². The van der Waals surface area contributed by atoms with Crippen LogP contribution in [0.2, 0.25) is 0 Å². The molecule has 2 aromatic rings. The molecule has 0 aliphatic heterocycles. The minimum Gasteiger partial charge on any atom is -0.480 e. The van der Waals surface area contributed by atoms with Crippen molar-refractivity contribution >= 4 is 46.4 Å². The standard InChI is InChI=1S/C23H31N7O8/c1-10(31)19(30-21(35)15(8-18(26)33)28-20(34)13(24)7-17(25)32)22(36)29-16(23(37)38)6-11-9-27-14-5-3-2-4-12(11)14/h2-5,9-10,13,15-16,19,27,31H,6-8,24H2,1H3,(H2,25,32)(H2,26,33)(H,28,34)(H,29,36)(H,30,35)(H,37,38). The van der Waals surface area contributed by atoms with E-state index in [-0.39, 0.29) is 6.42 Å². The van der Waals surface area contributed by atoms with Crippen molar-refractivity contribution in [2.45, 2.75) is 56.5 Å². The van der Waals surface area contributed by atoms with Crippen LogP contribution < -0.4 is 33.2 Å². The smallest absolute Gasteiger partial charge is 0.326 e. The fourth-order valence-electron chi connectivity index (χ4n) is 3.64. The predicted octanol–water partition coefficient (Wildman–Crippen LogP) is -3.29. The number of hydrogen-bond donors (Lipinski definition) is 9. The molecule has 2 rings (SSSR count). The van der Waals surface area contributed by atoms with Gasteiger partial charge in [-0.3, -0.25) is 24.0 Å². The molecule has 0 saturated heterocycles. The molecule has 0 fully saturated rings. The molecular weight excluding hydrogens is 502 g/mol. The first-order valence-corrected chi connectivity index (χ1v) is 11.5. The number of para-hydroxylation sites is 1. The Morgan fingerprint density at radius 1 is 0.895 bits per heavy atom. The number of aliphatic hydroxyl groups excluding tert-OH is 1. The van der Waals surface area contributed by atoms with Gasteiger partial charge in [0.1, 0.15) is 18.1 Å². The molecule has 0 radical (unpaired) electrons. The van der Waals surface area contributed by atoms with Crippen LogP contribution in [0.4, 0.5) is 0 Å². The van der Waals surface area contributed by atoms with Crippen molar-refractivity contribution in [1.29, 1.82) is 0 Å². The molecule has 12 N–H and O–H groups in total. The lowest BCUT2D eigenvalue weighted by Gasteiger charge is -2.26. The monoisotopic (exact) mass is 533 g/mol. The first-order valence-electron chi connectivity index (χ1n) is 11.5. The molecule has 5 amide bonds. The predicted molar refractivity (Wildman–Crippen MR) is 133 cm³/mol. The average molecular weight is 534 g/mol. The number of aromatic amines is 1. The number of nitrogens with two attached hydrogens (primary N) is 3. The highest BCUT2D eigenvalue weighted by atomic mass is 16.4. The van der Waals surface area contributed by atoms with E-state index in [0.29, 0.717) is 5.56 Å². The van der Waals surface area contributed by atoms with Gasteiger partial charge < -0.3 is 48.3 Å². The first-order chi connectivity index (χ1) is 17.8. The van der Waals surface area contributed by atoms with Crippen LogP contribution in [0.5, 0.6) is 0 Å². The van der Waals surface area contributed by atoms with E-state index in [1.54, 1.807) is 30.5 Å². The molecule has 0 spiro atoms. The number of carbonyl (C=O) groups excluding carboxylic acids is 5. The van der Waals surface area contributed by atoms with Gasteiger partial charge in [0, 0.05) is 23.5 Å². The zero-order chi connectivity index (χ0) is 28.6. The molecule has 0 aliphatic carbocycles. The molecule has 1 aromatic heterocycles. The number of fused-ring (bicyclic) bond motifs is 1. The molecule has 1 aromatic carbocycles. The lowest BCUT2D eigenvalue weighted by atomic mass is 10.0. The van der Waals surface area contributed by atoms with Crippen LogP contribution in [-0.4, -0.2) is 81.0 Å². The van der Waals surface area contributed by atoms with Gasteiger partial charge >= 0.3 is 5.97 Å². The number of H-pyrrole nitrogens is 1. The van der Waals surface area contributed by atoms with E-state index < -0.39 is 78.6 Å². The van der Waals surface area contributed by atoms with Crippen LogP contribution in [0.25, 0.3) is 10.9 Å². The second kappa shape index (κ2) is 13.2. The number of primary amides is 2.